The number of hydrogen-bond acceptors (Lipinski definition) is 3. The SMILES string of the molecule is CCC(CC)(CO)NC(=O)c1ccc2c(c1)NC(=O)C2. The van der Waals surface area contributed by atoms with Gasteiger partial charge in [-0.25, -0.2) is 0 Å². The molecule has 0 saturated carbocycles. The largest absolute Gasteiger partial charge is 0.394 e. The summed E-state index contributed by atoms with van der Waals surface area (Å²) >= 11 is 0. The molecule has 0 bridgehead atoms. The monoisotopic (exact) mass is 276 g/mol. The van der Waals surface area contributed by atoms with Gasteiger partial charge in [-0.2, -0.15) is 0 Å². The average molecular weight is 276 g/mol. The van der Waals surface area contributed by atoms with E-state index in [2.05, 4.69) is 10.6 Å². The normalized spacial score (nSPS) is 13.8. The van der Waals surface area contributed by atoms with Gasteiger partial charge in [-0.1, -0.05) is 19.9 Å². The second-order valence-corrected chi connectivity index (χ2v) is 5.20. The van der Waals surface area contributed by atoms with Crippen molar-refractivity contribution >= 4 is 17.5 Å². The van der Waals surface area contributed by atoms with Crippen molar-refractivity contribution in [3.05, 3.63) is 29.3 Å². The van der Waals surface area contributed by atoms with Crippen LogP contribution >= 0.6 is 0 Å². The minimum absolute atomic E-state index is 0.0515. The molecule has 0 aromatic heterocycles. The average Bonchev–Trinajstić information content (AvgIpc) is 2.83. The van der Waals surface area contributed by atoms with Gasteiger partial charge in [-0.05, 0) is 30.5 Å². The Balaban J connectivity index is 2.18. The third kappa shape index (κ3) is 2.67. The van der Waals surface area contributed by atoms with Crippen molar-refractivity contribution in [1.29, 1.82) is 0 Å². The maximum atomic E-state index is 12.3. The number of fused-ring (bicyclic) bond motifs is 1. The first-order valence-electron chi connectivity index (χ1n) is 6.89. The molecule has 0 atom stereocenters. The summed E-state index contributed by atoms with van der Waals surface area (Å²) in [7, 11) is 0. The van der Waals surface area contributed by atoms with Gasteiger partial charge >= 0.3 is 0 Å². The third-order valence-electron chi connectivity index (χ3n) is 4.03. The van der Waals surface area contributed by atoms with Crippen molar-refractivity contribution in [2.45, 2.75) is 38.6 Å². The molecular weight excluding hydrogens is 256 g/mol. The summed E-state index contributed by atoms with van der Waals surface area (Å²) in [6, 6.07) is 5.19. The summed E-state index contributed by atoms with van der Waals surface area (Å²) in [5.74, 6) is -0.281. The van der Waals surface area contributed by atoms with Crippen LogP contribution in [0.5, 0.6) is 0 Å². The molecule has 0 aliphatic carbocycles. The van der Waals surface area contributed by atoms with Gasteiger partial charge in [0.25, 0.3) is 5.91 Å². The molecule has 1 heterocycles. The molecule has 20 heavy (non-hydrogen) atoms. The van der Waals surface area contributed by atoms with Crippen LogP contribution in [0, 0.1) is 0 Å². The smallest absolute Gasteiger partial charge is 0.251 e. The van der Waals surface area contributed by atoms with Gasteiger partial charge in [-0.3, -0.25) is 9.59 Å². The summed E-state index contributed by atoms with van der Waals surface area (Å²) in [5.41, 5.74) is 1.51. The number of rotatable bonds is 5. The minimum Gasteiger partial charge on any atom is -0.394 e. The molecule has 5 heteroatoms. The Kier molecular flexibility index (Phi) is 4.09. The van der Waals surface area contributed by atoms with Gasteiger partial charge in [0.2, 0.25) is 5.91 Å². The third-order valence-corrected chi connectivity index (χ3v) is 4.03. The quantitative estimate of drug-likeness (QED) is 0.762. The van der Waals surface area contributed by atoms with Crippen LogP contribution in [-0.4, -0.2) is 29.1 Å². The molecule has 108 valence electrons. The van der Waals surface area contributed by atoms with E-state index in [-0.39, 0.29) is 18.4 Å². The van der Waals surface area contributed by atoms with Crippen molar-refractivity contribution in [2.24, 2.45) is 0 Å². The molecule has 1 aromatic rings. The van der Waals surface area contributed by atoms with E-state index in [9.17, 15) is 14.7 Å². The number of aliphatic hydroxyl groups is 1. The minimum atomic E-state index is -0.584. The van der Waals surface area contributed by atoms with Gasteiger partial charge in [0.05, 0.1) is 18.6 Å². The first-order chi connectivity index (χ1) is 9.53. The summed E-state index contributed by atoms with van der Waals surface area (Å²) in [6.07, 6.45) is 1.68. The van der Waals surface area contributed by atoms with Crippen LogP contribution in [0.15, 0.2) is 18.2 Å². The number of benzene rings is 1. The molecule has 0 spiro atoms. The number of aliphatic hydroxyl groups excluding tert-OH is 1. The van der Waals surface area contributed by atoms with E-state index in [4.69, 9.17) is 0 Å². The topological polar surface area (TPSA) is 78.4 Å². The second-order valence-electron chi connectivity index (χ2n) is 5.20. The van der Waals surface area contributed by atoms with Gasteiger partial charge in [0, 0.05) is 11.3 Å². The number of carbonyl (C=O) groups excluding carboxylic acids is 2. The molecule has 0 fully saturated rings. The highest BCUT2D eigenvalue weighted by Crippen LogP contribution is 2.24. The lowest BCUT2D eigenvalue weighted by Gasteiger charge is -2.30. The summed E-state index contributed by atoms with van der Waals surface area (Å²) in [6.45, 7) is 3.78. The Morgan fingerprint density at radius 1 is 1.40 bits per heavy atom. The Hall–Kier alpha value is -1.88. The van der Waals surface area contributed by atoms with Crippen LogP contribution in [0.2, 0.25) is 0 Å². The Morgan fingerprint density at radius 3 is 2.70 bits per heavy atom. The zero-order valence-corrected chi connectivity index (χ0v) is 11.8. The maximum Gasteiger partial charge on any atom is 0.251 e. The molecule has 0 saturated heterocycles. The number of nitrogens with one attached hydrogen (secondary N) is 2. The fourth-order valence-corrected chi connectivity index (χ4v) is 2.36. The molecule has 2 rings (SSSR count). The van der Waals surface area contributed by atoms with Crippen LogP contribution < -0.4 is 10.6 Å². The highest BCUT2D eigenvalue weighted by Gasteiger charge is 2.28. The molecule has 0 unspecified atom stereocenters. The zero-order chi connectivity index (χ0) is 14.8. The predicted molar refractivity (Wildman–Crippen MR) is 76.6 cm³/mol. The molecule has 1 aliphatic rings. The van der Waals surface area contributed by atoms with E-state index in [0.29, 0.717) is 30.5 Å². The van der Waals surface area contributed by atoms with E-state index in [1.54, 1.807) is 18.2 Å². The Morgan fingerprint density at radius 2 is 2.10 bits per heavy atom. The van der Waals surface area contributed by atoms with Crippen molar-refractivity contribution in [3.63, 3.8) is 0 Å². The van der Waals surface area contributed by atoms with Crippen LogP contribution in [0.25, 0.3) is 0 Å². The maximum absolute atomic E-state index is 12.3. The molecule has 0 radical (unpaired) electrons. The van der Waals surface area contributed by atoms with Crippen molar-refractivity contribution in [2.75, 3.05) is 11.9 Å². The van der Waals surface area contributed by atoms with E-state index in [1.807, 2.05) is 13.8 Å². The lowest BCUT2D eigenvalue weighted by Crippen LogP contribution is -2.50. The summed E-state index contributed by atoms with van der Waals surface area (Å²) < 4.78 is 0. The summed E-state index contributed by atoms with van der Waals surface area (Å²) in [4.78, 5) is 23.6. The lowest BCUT2D eigenvalue weighted by molar-refractivity contribution is -0.115. The first-order valence-corrected chi connectivity index (χ1v) is 6.89. The van der Waals surface area contributed by atoms with E-state index in [1.165, 1.54) is 0 Å². The number of amides is 2. The number of hydrogen-bond donors (Lipinski definition) is 3. The van der Waals surface area contributed by atoms with Crippen LogP contribution in [0.1, 0.15) is 42.6 Å². The summed E-state index contributed by atoms with van der Waals surface area (Å²) in [5, 5.41) is 15.1. The van der Waals surface area contributed by atoms with Crippen molar-refractivity contribution in [3.8, 4) is 0 Å². The molecule has 2 amide bonds. The van der Waals surface area contributed by atoms with Crippen molar-refractivity contribution in [1.82, 2.24) is 5.32 Å². The molecular formula is C15H20N2O3. The van der Waals surface area contributed by atoms with Crippen molar-refractivity contribution < 1.29 is 14.7 Å². The zero-order valence-electron chi connectivity index (χ0n) is 11.8. The standard InChI is InChI=1S/C15H20N2O3/c1-3-15(4-2,9-18)17-14(20)11-6-5-10-8-13(19)16-12(10)7-11/h5-7,18H,3-4,8-9H2,1-2H3,(H,16,19)(H,17,20). The van der Waals surface area contributed by atoms with Gasteiger partial charge in [0.1, 0.15) is 0 Å². The Labute approximate surface area is 118 Å². The van der Waals surface area contributed by atoms with Crippen LogP contribution in [-0.2, 0) is 11.2 Å². The number of anilines is 1. The first kappa shape index (κ1) is 14.5. The predicted octanol–water partition coefficient (Wildman–Crippen LogP) is 1.46. The van der Waals surface area contributed by atoms with E-state index >= 15 is 0 Å². The lowest BCUT2D eigenvalue weighted by atomic mass is 9.93. The van der Waals surface area contributed by atoms with Gasteiger partial charge in [-0.15, -0.1) is 0 Å². The highest BCUT2D eigenvalue weighted by atomic mass is 16.3. The fraction of sp³-hybridized carbons (Fsp3) is 0.467. The van der Waals surface area contributed by atoms with Gasteiger partial charge in [0.15, 0.2) is 0 Å². The molecule has 1 aromatic carbocycles. The highest BCUT2D eigenvalue weighted by molar-refractivity contribution is 6.02. The molecule has 5 nitrogen and oxygen atoms in total. The fourth-order valence-electron chi connectivity index (χ4n) is 2.36. The van der Waals surface area contributed by atoms with Crippen LogP contribution in [0.4, 0.5) is 5.69 Å². The van der Waals surface area contributed by atoms with E-state index in [0.717, 1.165) is 5.56 Å². The van der Waals surface area contributed by atoms with Crippen LogP contribution in [0.3, 0.4) is 0 Å². The van der Waals surface area contributed by atoms with Gasteiger partial charge < -0.3 is 15.7 Å². The van der Waals surface area contributed by atoms with E-state index < -0.39 is 5.54 Å². The number of carbonyl (C=O) groups is 2. The molecule has 1 aliphatic heterocycles. The second kappa shape index (κ2) is 5.63. The Bertz CT molecular complexity index is 528. The molecule has 3 N–H and O–H groups in total.